The van der Waals surface area contributed by atoms with Crippen LogP contribution in [0.1, 0.15) is 31.2 Å². The number of nitrogens with zero attached hydrogens (tertiary/aromatic N) is 3. The molecule has 2 atom stereocenters. The normalized spacial score (nSPS) is 23.2. The van der Waals surface area contributed by atoms with Gasteiger partial charge < -0.3 is 19.9 Å². The number of hydrogen-bond acceptors (Lipinski definition) is 3. The number of rotatable bonds is 6. The van der Waals surface area contributed by atoms with Crippen molar-refractivity contribution < 1.29 is 4.74 Å². The van der Waals surface area contributed by atoms with E-state index in [-0.39, 0.29) is 0 Å². The fraction of sp³-hybridized carbons (Fsp3) is 0.667. The zero-order valence-electron chi connectivity index (χ0n) is 16.6. The Morgan fingerprint density at radius 1 is 1.23 bits per heavy atom. The van der Waals surface area contributed by atoms with Gasteiger partial charge in [-0.2, -0.15) is 0 Å². The highest BCUT2D eigenvalue weighted by Gasteiger charge is 2.35. The summed E-state index contributed by atoms with van der Waals surface area (Å²) in [5, 5.41) is 3.55. The molecule has 0 amide bonds. The van der Waals surface area contributed by atoms with E-state index in [1.807, 2.05) is 13.1 Å². The van der Waals surface area contributed by atoms with Gasteiger partial charge in [0.25, 0.3) is 0 Å². The number of likely N-dealkylation sites (N-methyl/N-ethyl adjacent to an activating group) is 1. The van der Waals surface area contributed by atoms with Gasteiger partial charge >= 0.3 is 0 Å². The molecule has 5 heteroatoms. The fourth-order valence-electron chi connectivity index (χ4n) is 4.18. The Hall–Kier alpha value is -1.75. The molecule has 2 fully saturated rings. The number of fused-ring (bicyclic) bond motifs is 1. The molecule has 1 saturated heterocycles. The smallest absolute Gasteiger partial charge is 0.193 e. The van der Waals surface area contributed by atoms with Crippen molar-refractivity contribution in [3.05, 3.63) is 29.8 Å². The van der Waals surface area contributed by atoms with Gasteiger partial charge in [0.05, 0.1) is 0 Å². The van der Waals surface area contributed by atoms with E-state index in [2.05, 4.69) is 52.4 Å². The van der Waals surface area contributed by atoms with E-state index in [0.717, 1.165) is 49.7 Å². The van der Waals surface area contributed by atoms with Crippen LogP contribution in [0.4, 0.5) is 0 Å². The van der Waals surface area contributed by atoms with Gasteiger partial charge in [0.2, 0.25) is 0 Å². The van der Waals surface area contributed by atoms with Gasteiger partial charge in [0.1, 0.15) is 12.4 Å². The second kappa shape index (κ2) is 9.26. The third kappa shape index (κ3) is 5.13. The zero-order chi connectivity index (χ0) is 18.4. The maximum atomic E-state index is 5.84. The molecule has 0 aromatic heterocycles. The van der Waals surface area contributed by atoms with E-state index in [1.54, 1.807) is 0 Å². The first-order valence-electron chi connectivity index (χ1n) is 9.98. The zero-order valence-corrected chi connectivity index (χ0v) is 16.6. The van der Waals surface area contributed by atoms with Crippen molar-refractivity contribution in [3.8, 4) is 5.75 Å². The lowest BCUT2D eigenvalue weighted by atomic mass is 9.82. The topological polar surface area (TPSA) is 40.1 Å². The highest BCUT2D eigenvalue weighted by Crippen LogP contribution is 2.35. The minimum Gasteiger partial charge on any atom is -0.492 e. The van der Waals surface area contributed by atoms with Crippen LogP contribution in [0, 0.1) is 11.8 Å². The molecule has 1 aliphatic carbocycles. The number of nitrogens with one attached hydrogen (secondary N) is 1. The van der Waals surface area contributed by atoms with Crippen LogP contribution < -0.4 is 10.1 Å². The van der Waals surface area contributed by atoms with Crippen LogP contribution in [0.25, 0.3) is 0 Å². The quantitative estimate of drug-likeness (QED) is 0.627. The number of hydrogen-bond donors (Lipinski definition) is 1. The minimum absolute atomic E-state index is 0.710. The van der Waals surface area contributed by atoms with E-state index >= 15 is 0 Å². The summed E-state index contributed by atoms with van der Waals surface area (Å²) in [6, 6.07) is 8.36. The van der Waals surface area contributed by atoms with Gasteiger partial charge in [-0.25, -0.2) is 0 Å². The van der Waals surface area contributed by atoms with Crippen LogP contribution in [-0.4, -0.2) is 63.1 Å². The summed E-state index contributed by atoms with van der Waals surface area (Å²) in [6.45, 7) is 4.74. The van der Waals surface area contributed by atoms with Crippen LogP contribution in [0.15, 0.2) is 29.3 Å². The molecule has 0 bridgehead atoms. The molecule has 0 radical (unpaired) electrons. The van der Waals surface area contributed by atoms with Gasteiger partial charge in [-0.1, -0.05) is 25.0 Å². The largest absolute Gasteiger partial charge is 0.492 e. The molecular weight excluding hydrogens is 324 g/mol. The van der Waals surface area contributed by atoms with Gasteiger partial charge in [0.15, 0.2) is 5.96 Å². The number of benzene rings is 1. The Morgan fingerprint density at radius 2 is 1.96 bits per heavy atom. The van der Waals surface area contributed by atoms with Crippen molar-refractivity contribution in [2.45, 2.75) is 32.2 Å². The van der Waals surface area contributed by atoms with Crippen LogP contribution in [0.2, 0.25) is 0 Å². The number of likely N-dealkylation sites (tertiary alicyclic amines) is 1. The summed E-state index contributed by atoms with van der Waals surface area (Å²) >= 11 is 0. The van der Waals surface area contributed by atoms with Gasteiger partial charge in [-0.05, 0) is 56.5 Å². The van der Waals surface area contributed by atoms with Crippen molar-refractivity contribution in [3.63, 3.8) is 0 Å². The van der Waals surface area contributed by atoms with E-state index in [1.165, 1.54) is 31.2 Å². The van der Waals surface area contributed by atoms with Gasteiger partial charge in [-0.3, -0.25) is 4.99 Å². The Balaban J connectivity index is 1.51. The number of ether oxygens (including phenoxy) is 1. The lowest BCUT2D eigenvalue weighted by Gasteiger charge is -2.22. The van der Waals surface area contributed by atoms with E-state index in [0.29, 0.717) is 6.61 Å². The average molecular weight is 359 g/mol. The predicted octanol–water partition coefficient (Wildman–Crippen LogP) is 2.82. The second-order valence-corrected chi connectivity index (χ2v) is 7.91. The molecule has 2 aliphatic rings. The molecule has 1 N–H and O–H groups in total. The minimum atomic E-state index is 0.710. The van der Waals surface area contributed by atoms with Crippen molar-refractivity contribution in [2.24, 2.45) is 16.8 Å². The second-order valence-electron chi connectivity index (χ2n) is 7.91. The Morgan fingerprint density at radius 3 is 2.62 bits per heavy atom. The first kappa shape index (κ1) is 19.0. The lowest BCUT2D eigenvalue weighted by molar-refractivity contribution is 0.261. The molecule has 1 aliphatic heterocycles. The highest BCUT2D eigenvalue weighted by molar-refractivity contribution is 5.80. The first-order chi connectivity index (χ1) is 12.7. The number of aliphatic imine (C=N–C) groups is 1. The Labute approximate surface area is 158 Å². The summed E-state index contributed by atoms with van der Waals surface area (Å²) < 4.78 is 5.84. The third-order valence-electron chi connectivity index (χ3n) is 5.64. The summed E-state index contributed by atoms with van der Waals surface area (Å²) in [7, 11) is 6.01. The predicted molar refractivity (Wildman–Crippen MR) is 108 cm³/mol. The average Bonchev–Trinajstić information content (AvgIpc) is 3.06. The SMILES string of the molecule is CN=C(NCc1cccc(OCCN(C)C)c1)N1CC2CCCCC2C1. The van der Waals surface area contributed by atoms with Crippen molar-refractivity contribution >= 4 is 5.96 Å². The van der Waals surface area contributed by atoms with E-state index in [9.17, 15) is 0 Å². The summed E-state index contributed by atoms with van der Waals surface area (Å²) in [4.78, 5) is 9.11. The molecule has 2 unspecified atom stereocenters. The molecule has 1 heterocycles. The molecule has 1 saturated carbocycles. The first-order valence-corrected chi connectivity index (χ1v) is 9.98. The van der Waals surface area contributed by atoms with E-state index in [4.69, 9.17) is 4.74 Å². The van der Waals surface area contributed by atoms with Crippen molar-refractivity contribution in [1.29, 1.82) is 0 Å². The maximum Gasteiger partial charge on any atom is 0.193 e. The molecule has 1 aromatic carbocycles. The lowest BCUT2D eigenvalue weighted by Crippen LogP contribution is -2.39. The fourth-order valence-corrected chi connectivity index (χ4v) is 4.18. The molecule has 144 valence electrons. The van der Waals surface area contributed by atoms with Gasteiger partial charge in [0, 0.05) is 33.2 Å². The van der Waals surface area contributed by atoms with Crippen LogP contribution in [0.5, 0.6) is 5.75 Å². The molecule has 1 aromatic rings. The summed E-state index contributed by atoms with van der Waals surface area (Å²) in [5.41, 5.74) is 1.23. The summed E-state index contributed by atoms with van der Waals surface area (Å²) in [5.74, 6) is 3.72. The molecule has 0 spiro atoms. The highest BCUT2D eigenvalue weighted by atomic mass is 16.5. The Kier molecular flexibility index (Phi) is 6.78. The van der Waals surface area contributed by atoms with Crippen molar-refractivity contribution in [2.75, 3.05) is 47.4 Å². The van der Waals surface area contributed by atoms with Gasteiger partial charge in [-0.15, -0.1) is 0 Å². The Bertz CT molecular complexity index is 587. The molecule has 3 rings (SSSR count). The van der Waals surface area contributed by atoms with Crippen LogP contribution in [-0.2, 0) is 6.54 Å². The summed E-state index contributed by atoms with van der Waals surface area (Å²) in [6.07, 6.45) is 5.60. The molecule has 26 heavy (non-hydrogen) atoms. The maximum absolute atomic E-state index is 5.84. The number of guanidine groups is 1. The van der Waals surface area contributed by atoms with Crippen molar-refractivity contribution in [1.82, 2.24) is 15.1 Å². The third-order valence-corrected chi connectivity index (χ3v) is 5.64. The standard InChI is InChI=1S/C21H34N4O/c1-22-21(25-15-18-8-4-5-9-19(18)16-25)23-14-17-7-6-10-20(13-17)26-12-11-24(2)3/h6-7,10,13,18-19H,4-5,8-9,11-12,14-16H2,1-3H3,(H,22,23). The molecule has 5 nitrogen and oxygen atoms in total. The molecular formula is C21H34N4O. The monoisotopic (exact) mass is 358 g/mol. The van der Waals surface area contributed by atoms with Crippen LogP contribution >= 0.6 is 0 Å². The van der Waals surface area contributed by atoms with E-state index < -0.39 is 0 Å². The van der Waals surface area contributed by atoms with Crippen LogP contribution in [0.3, 0.4) is 0 Å².